The van der Waals surface area contributed by atoms with Crippen LogP contribution in [0.25, 0.3) is 0 Å². The van der Waals surface area contributed by atoms with Gasteiger partial charge in [-0.3, -0.25) is 4.79 Å². The van der Waals surface area contributed by atoms with Crippen LogP contribution in [-0.4, -0.2) is 15.5 Å². The van der Waals surface area contributed by atoms with E-state index in [9.17, 15) is 4.79 Å². The van der Waals surface area contributed by atoms with Crippen molar-refractivity contribution in [3.8, 4) is 0 Å². The predicted molar refractivity (Wildman–Crippen MR) is 87.4 cm³/mol. The Bertz CT molecular complexity index is 592. The fraction of sp³-hybridized carbons (Fsp3) is 0.231. The normalized spacial score (nSPS) is 10.8. The first-order valence-electron chi connectivity index (χ1n) is 5.77. The molecule has 0 aliphatic rings. The second kappa shape index (κ2) is 6.04. The number of hydrogen-bond donors (Lipinski definition) is 1. The van der Waals surface area contributed by atoms with E-state index in [0.717, 1.165) is 8.04 Å². The summed E-state index contributed by atoms with van der Waals surface area (Å²) in [5.74, 6) is 0.395. The van der Waals surface area contributed by atoms with E-state index >= 15 is 0 Å². The van der Waals surface area contributed by atoms with E-state index in [1.165, 1.54) is 0 Å². The number of nitrogens with one attached hydrogen (secondary N) is 1. The van der Waals surface area contributed by atoms with Crippen LogP contribution in [-0.2, 0) is 0 Å². The van der Waals surface area contributed by atoms with Crippen molar-refractivity contribution in [3.63, 3.8) is 0 Å². The summed E-state index contributed by atoms with van der Waals surface area (Å²) in [7, 11) is 0. The van der Waals surface area contributed by atoms with Crippen LogP contribution in [0.2, 0.25) is 0 Å². The van der Waals surface area contributed by atoms with E-state index in [0.29, 0.717) is 11.5 Å². The smallest absolute Gasteiger partial charge is 0.273 e. The van der Waals surface area contributed by atoms with Gasteiger partial charge in [0.2, 0.25) is 0 Å². The highest BCUT2D eigenvalue weighted by Gasteiger charge is 2.15. The van der Waals surface area contributed by atoms with E-state index in [4.69, 9.17) is 0 Å². The van der Waals surface area contributed by atoms with Crippen LogP contribution < -0.4 is 5.32 Å². The summed E-state index contributed by atoms with van der Waals surface area (Å²) in [5, 5.41) is 2.80. The van der Waals surface area contributed by atoms with Gasteiger partial charge in [0, 0.05) is 26.5 Å². The Morgan fingerprint density at radius 3 is 2.79 bits per heavy atom. The topological polar surface area (TPSA) is 46.9 Å². The van der Waals surface area contributed by atoms with Crippen molar-refractivity contribution in [2.75, 3.05) is 5.32 Å². The molecule has 6 heteroatoms. The van der Waals surface area contributed by atoms with Gasteiger partial charge in [-0.1, -0.05) is 0 Å². The molecule has 0 bridgehead atoms. The largest absolute Gasteiger partial charge is 0.340 e. The van der Waals surface area contributed by atoms with Crippen LogP contribution in [0, 0.1) is 3.57 Å². The van der Waals surface area contributed by atoms with Crippen LogP contribution in [0.3, 0.4) is 0 Å². The molecule has 2 aromatic heterocycles. The minimum Gasteiger partial charge on any atom is -0.340 e. The molecule has 19 heavy (non-hydrogen) atoms. The van der Waals surface area contributed by atoms with Crippen molar-refractivity contribution in [2.45, 2.75) is 19.9 Å². The molecular formula is C13H13BrIN3O. The van der Waals surface area contributed by atoms with Crippen molar-refractivity contribution in [2.24, 2.45) is 0 Å². The highest BCUT2D eigenvalue weighted by molar-refractivity contribution is 14.1. The molecule has 4 nitrogen and oxygen atoms in total. The van der Waals surface area contributed by atoms with Gasteiger partial charge in [0.25, 0.3) is 5.91 Å². The first kappa shape index (κ1) is 14.5. The quantitative estimate of drug-likeness (QED) is 0.741. The van der Waals surface area contributed by atoms with Crippen LogP contribution in [0.4, 0.5) is 5.82 Å². The van der Waals surface area contributed by atoms with E-state index < -0.39 is 0 Å². The lowest BCUT2D eigenvalue weighted by Crippen LogP contribution is -2.18. The number of amides is 1. The molecular weight excluding hydrogens is 421 g/mol. The zero-order chi connectivity index (χ0) is 14.0. The minimum atomic E-state index is -0.159. The third-order valence-electron chi connectivity index (χ3n) is 2.57. The van der Waals surface area contributed by atoms with Crippen molar-refractivity contribution in [3.05, 3.63) is 44.3 Å². The van der Waals surface area contributed by atoms with Crippen molar-refractivity contribution < 1.29 is 4.79 Å². The van der Waals surface area contributed by atoms with E-state index in [1.807, 2.05) is 36.7 Å². The molecule has 2 heterocycles. The average Bonchev–Trinajstić information content (AvgIpc) is 2.74. The lowest BCUT2D eigenvalue weighted by atomic mass is 10.3. The van der Waals surface area contributed by atoms with E-state index in [1.54, 1.807) is 12.3 Å². The minimum absolute atomic E-state index is 0.159. The number of carbonyl (C=O) groups excluding carboxylic acids is 1. The van der Waals surface area contributed by atoms with Gasteiger partial charge in [0.1, 0.15) is 11.5 Å². The average molecular weight is 434 g/mol. The molecule has 2 rings (SSSR count). The number of anilines is 1. The fourth-order valence-corrected chi connectivity index (χ4v) is 2.44. The highest BCUT2D eigenvalue weighted by Crippen LogP contribution is 2.20. The number of halogens is 2. The molecule has 0 fully saturated rings. The molecule has 0 spiro atoms. The van der Waals surface area contributed by atoms with Gasteiger partial charge in [0.05, 0.1) is 0 Å². The van der Waals surface area contributed by atoms with Gasteiger partial charge < -0.3 is 9.88 Å². The van der Waals surface area contributed by atoms with Gasteiger partial charge in [0.15, 0.2) is 0 Å². The molecule has 0 aromatic carbocycles. The SMILES string of the molecule is CC(C)n1cc(Br)cc1C(=O)Nc1ccc(I)cn1. The third-order valence-corrected chi connectivity index (χ3v) is 3.64. The zero-order valence-corrected chi connectivity index (χ0v) is 14.3. The second-order valence-corrected chi connectivity index (χ2v) is 6.52. The number of pyridine rings is 1. The lowest BCUT2D eigenvalue weighted by molar-refractivity contribution is 0.101. The molecule has 1 N–H and O–H groups in total. The van der Waals surface area contributed by atoms with Crippen LogP contribution in [0.15, 0.2) is 35.1 Å². The number of carbonyl (C=O) groups is 1. The van der Waals surface area contributed by atoms with Gasteiger partial charge >= 0.3 is 0 Å². The summed E-state index contributed by atoms with van der Waals surface area (Å²) in [6, 6.07) is 5.72. The highest BCUT2D eigenvalue weighted by atomic mass is 127. The number of nitrogens with zero attached hydrogens (tertiary/aromatic N) is 2. The maximum atomic E-state index is 12.2. The molecule has 0 saturated heterocycles. The monoisotopic (exact) mass is 433 g/mol. The second-order valence-electron chi connectivity index (χ2n) is 4.36. The number of hydrogen-bond acceptors (Lipinski definition) is 2. The summed E-state index contributed by atoms with van der Waals surface area (Å²) in [6.07, 6.45) is 3.62. The molecule has 100 valence electrons. The van der Waals surface area contributed by atoms with Gasteiger partial charge in [-0.25, -0.2) is 4.98 Å². The predicted octanol–water partition coefficient (Wildman–Crippen LogP) is 4.08. The molecule has 0 unspecified atom stereocenters. The first-order valence-corrected chi connectivity index (χ1v) is 7.65. The third kappa shape index (κ3) is 3.56. The number of aromatic nitrogens is 2. The maximum Gasteiger partial charge on any atom is 0.273 e. The summed E-state index contributed by atoms with van der Waals surface area (Å²) < 4.78 is 3.84. The van der Waals surface area contributed by atoms with E-state index in [-0.39, 0.29) is 11.9 Å². The standard InChI is InChI=1S/C13H13BrIN3O/c1-8(2)18-7-9(14)5-11(18)13(19)17-12-4-3-10(15)6-16-12/h3-8H,1-2H3,(H,16,17,19). The van der Waals surface area contributed by atoms with Crippen molar-refractivity contribution in [1.29, 1.82) is 0 Å². The Kier molecular flexibility index (Phi) is 4.62. The van der Waals surface area contributed by atoms with Crippen LogP contribution >= 0.6 is 38.5 Å². The van der Waals surface area contributed by atoms with Crippen molar-refractivity contribution >= 4 is 50.2 Å². The fourth-order valence-electron chi connectivity index (χ4n) is 1.68. The molecule has 0 atom stereocenters. The summed E-state index contributed by atoms with van der Waals surface area (Å²) in [6.45, 7) is 4.07. The Morgan fingerprint density at radius 2 is 2.21 bits per heavy atom. The zero-order valence-electron chi connectivity index (χ0n) is 10.5. The molecule has 0 aliphatic heterocycles. The Hall–Kier alpha value is -0.890. The molecule has 0 aliphatic carbocycles. The van der Waals surface area contributed by atoms with E-state index in [2.05, 4.69) is 48.8 Å². The van der Waals surface area contributed by atoms with Gasteiger partial charge in [-0.2, -0.15) is 0 Å². The lowest BCUT2D eigenvalue weighted by Gasteiger charge is -2.12. The maximum absolute atomic E-state index is 12.2. The molecule has 0 radical (unpaired) electrons. The molecule has 0 saturated carbocycles. The van der Waals surface area contributed by atoms with Gasteiger partial charge in [-0.15, -0.1) is 0 Å². The number of rotatable bonds is 3. The Labute approximate surface area is 133 Å². The molecule has 2 aromatic rings. The van der Waals surface area contributed by atoms with Crippen LogP contribution in [0.5, 0.6) is 0 Å². The van der Waals surface area contributed by atoms with Crippen molar-refractivity contribution in [1.82, 2.24) is 9.55 Å². The Balaban J connectivity index is 2.22. The summed E-state index contributed by atoms with van der Waals surface area (Å²) in [4.78, 5) is 16.4. The van der Waals surface area contributed by atoms with Gasteiger partial charge in [-0.05, 0) is 70.6 Å². The summed E-state index contributed by atoms with van der Waals surface area (Å²) in [5.41, 5.74) is 0.613. The Morgan fingerprint density at radius 1 is 1.47 bits per heavy atom. The summed E-state index contributed by atoms with van der Waals surface area (Å²) >= 11 is 5.57. The van der Waals surface area contributed by atoms with Crippen LogP contribution in [0.1, 0.15) is 30.4 Å². The first-order chi connectivity index (χ1) is 8.97. The molecule has 1 amide bonds.